The highest BCUT2D eigenvalue weighted by Gasteiger charge is 2.28. The van der Waals surface area contributed by atoms with Crippen molar-refractivity contribution in [3.63, 3.8) is 0 Å². The van der Waals surface area contributed by atoms with E-state index in [0.29, 0.717) is 26.2 Å². The van der Waals surface area contributed by atoms with Crippen LogP contribution in [0.15, 0.2) is 53.4 Å². The van der Waals surface area contributed by atoms with E-state index in [2.05, 4.69) is 10.2 Å². The van der Waals surface area contributed by atoms with Crippen molar-refractivity contribution in [1.29, 1.82) is 0 Å². The molecule has 28 heavy (non-hydrogen) atoms. The van der Waals surface area contributed by atoms with Crippen LogP contribution in [0.4, 0.5) is 4.39 Å². The molecule has 1 N–H and O–H groups in total. The van der Waals surface area contributed by atoms with Gasteiger partial charge in [-0.1, -0.05) is 18.2 Å². The number of sulfonamides is 1. The molecule has 1 aliphatic heterocycles. The maximum absolute atomic E-state index is 13.1. The molecule has 0 saturated carbocycles. The Morgan fingerprint density at radius 1 is 1.07 bits per heavy atom. The van der Waals surface area contributed by atoms with Crippen molar-refractivity contribution in [3.8, 4) is 0 Å². The zero-order chi connectivity index (χ0) is 20.3. The fourth-order valence-corrected chi connectivity index (χ4v) is 4.56. The molecule has 1 saturated heterocycles. The van der Waals surface area contributed by atoms with Crippen LogP contribution >= 0.6 is 0 Å². The lowest BCUT2D eigenvalue weighted by Gasteiger charge is -2.31. The van der Waals surface area contributed by atoms with Crippen LogP contribution in [-0.4, -0.2) is 56.8 Å². The lowest BCUT2D eigenvalue weighted by Crippen LogP contribution is -2.47. The summed E-state index contributed by atoms with van der Waals surface area (Å²) in [5.74, 6) is -0.726. The summed E-state index contributed by atoms with van der Waals surface area (Å²) >= 11 is 0. The van der Waals surface area contributed by atoms with Crippen molar-refractivity contribution < 1.29 is 17.6 Å². The van der Waals surface area contributed by atoms with Gasteiger partial charge in [-0.05, 0) is 49.9 Å². The van der Waals surface area contributed by atoms with Crippen molar-refractivity contribution in [3.05, 3.63) is 65.5 Å². The summed E-state index contributed by atoms with van der Waals surface area (Å²) in [6, 6.07) is 11.6. The van der Waals surface area contributed by atoms with Gasteiger partial charge in [0.15, 0.2) is 0 Å². The molecule has 0 aliphatic carbocycles. The summed E-state index contributed by atoms with van der Waals surface area (Å²) in [5.41, 5.74) is 1.03. The van der Waals surface area contributed by atoms with Crippen LogP contribution in [0.2, 0.25) is 0 Å². The van der Waals surface area contributed by atoms with Gasteiger partial charge < -0.3 is 10.2 Å². The highest BCUT2D eigenvalue weighted by Crippen LogP contribution is 2.20. The van der Waals surface area contributed by atoms with Crippen molar-refractivity contribution >= 4 is 15.9 Å². The predicted molar refractivity (Wildman–Crippen MR) is 105 cm³/mol. The Morgan fingerprint density at radius 3 is 2.36 bits per heavy atom. The first-order valence-corrected chi connectivity index (χ1v) is 10.6. The largest absolute Gasteiger partial charge is 0.346 e. The molecule has 0 unspecified atom stereocenters. The second-order valence-corrected chi connectivity index (χ2v) is 8.92. The Kier molecular flexibility index (Phi) is 6.12. The molecule has 0 aromatic heterocycles. The number of carbonyl (C=O) groups excluding carboxylic acids is 1. The van der Waals surface area contributed by atoms with Crippen molar-refractivity contribution in [1.82, 2.24) is 14.5 Å². The summed E-state index contributed by atoms with van der Waals surface area (Å²) < 4.78 is 40.3. The van der Waals surface area contributed by atoms with Gasteiger partial charge in [-0.3, -0.25) is 4.79 Å². The molecule has 1 aliphatic rings. The van der Waals surface area contributed by atoms with E-state index in [1.807, 2.05) is 7.05 Å². The number of nitrogens with zero attached hydrogens (tertiary/aromatic N) is 2. The Bertz CT molecular complexity index is 939. The molecule has 1 amide bonds. The number of benzene rings is 2. The monoisotopic (exact) mass is 405 g/mol. The van der Waals surface area contributed by atoms with Crippen LogP contribution in [0.1, 0.15) is 28.9 Å². The van der Waals surface area contributed by atoms with Crippen molar-refractivity contribution in [2.75, 3.05) is 33.2 Å². The molecule has 2 aromatic rings. The SMILES string of the molecule is C[C@@H](NC(=O)c1cccc(S(=O)(=O)N2CCN(C)CC2)c1)c1ccc(F)cc1. The summed E-state index contributed by atoms with van der Waals surface area (Å²) in [5, 5.41) is 2.82. The molecule has 3 rings (SSSR count). The number of nitrogens with one attached hydrogen (secondary N) is 1. The quantitative estimate of drug-likeness (QED) is 0.829. The molecular formula is C20H24FN3O3S. The van der Waals surface area contributed by atoms with Crippen LogP contribution in [0, 0.1) is 5.82 Å². The van der Waals surface area contributed by atoms with Crippen LogP contribution < -0.4 is 5.32 Å². The lowest BCUT2D eigenvalue weighted by atomic mass is 10.1. The third-order valence-electron chi connectivity index (χ3n) is 4.91. The average Bonchev–Trinajstić information content (AvgIpc) is 2.69. The van der Waals surface area contributed by atoms with Gasteiger partial charge in [0.25, 0.3) is 5.91 Å². The first-order valence-electron chi connectivity index (χ1n) is 9.12. The molecule has 8 heteroatoms. The maximum atomic E-state index is 13.1. The Hall–Kier alpha value is -2.29. The molecule has 1 fully saturated rings. The van der Waals surface area contributed by atoms with Crippen molar-refractivity contribution in [2.24, 2.45) is 0 Å². The smallest absolute Gasteiger partial charge is 0.251 e. The molecule has 1 heterocycles. The zero-order valence-electron chi connectivity index (χ0n) is 15.9. The second-order valence-electron chi connectivity index (χ2n) is 6.98. The van der Waals surface area contributed by atoms with E-state index < -0.39 is 10.0 Å². The summed E-state index contributed by atoms with van der Waals surface area (Å²) in [6.07, 6.45) is 0. The number of amides is 1. The molecule has 6 nitrogen and oxygen atoms in total. The number of piperazine rings is 1. The van der Waals surface area contributed by atoms with Gasteiger partial charge in [0.05, 0.1) is 10.9 Å². The maximum Gasteiger partial charge on any atom is 0.251 e. The van der Waals surface area contributed by atoms with E-state index in [1.54, 1.807) is 31.2 Å². The zero-order valence-corrected chi connectivity index (χ0v) is 16.7. The number of hydrogen-bond acceptors (Lipinski definition) is 4. The van der Waals surface area contributed by atoms with E-state index in [9.17, 15) is 17.6 Å². The molecule has 150 valence electrons. The van der Waals surface area contributed by atoms with Crippen molar-refractivity contribution in [2.45, 2.75) is 17.9 Å². The first kappa shape index (κ1) is 20.4. The van der Waals surface area contributed by atoms with E-state index in [0.717, 1.165) is 5.56 Å². The summed E-state index contributed by atoms with van der Waals surface area (Å²) in [6.45, 7) is 3.99. The number of hydrogen-bond donors (Lipinski definition) is 1. The van der Waals surface area contributed by atoms with Crippen LogP contribution in [0.5, 0.6) is 0 Å². The minimum Gasteiger partial charge on any atom is -0.346 e. The number of likely N-dealkylation sites (N-methyl/N-ethyl adjacent to an activating group) is 1. The standard InChI is InChI=1S/C20H24FN3O3S/c1-15(16-6-8-18(21)9-7-16)22-20(25)17-4-3-5-19(14-17)28(26,27)24-12-10-23(2)11-13-24/h3-9,14-15H,10-13H2,1-2H3,(H,22,25)/t15-/m1/s1. The molecule has 0 spiro atoms. The minimum absolute atomic E-state index is 0.110. The number of carbonyl (C=O) groups is 1. The van der Waals surface area contributed by atoms with E-state index >= 15 is 0 Å². The Balaban J connectivity index is 1.75. The van der Waals surface area contributed by atoms with Crippen LogP contribution in [0.3, 0.4) is 0 Å². The van der Waals surface area contributed by atoms with Gasteiger partial charge in [0.1, 0.15) is 5.82 Å². The molecule has 0 radical (unpaired) electrons. The van der Waals surface area contributed by atoms with Gasteiger partial charge >= 0.3 is 0 Å². The normalized spacial score (nSPS) is 17.2. The molecule has 0 bridgehead atoms. The summed E-state index contributed by atoms with van der Waals surface area (Å²) in [4.78, 5) is 14.8. The second kappa shape index (κ2) is 8.38. The molecule has 2 aromatic carbocycles. The highest BCUT2D eigenvalue weighted by atomic mass is 32.2. The van der Waals surface area contributed by atoms with Gasteiger partial charge in [0.2, 0.25) is 10.0 Å². The number of halogens is 1. The van der Waals surface area contributed by atoms with E-state index in [4.69, 9.17) is 0 Å². The summed E-state index contributed by atoms with van der Waals surface area (Å²) in [7, 11) is -1.69. The third-order valence-corrected chi connectivity index (χ3v) is 6.81. The van der Waals surface area contributed by atoms with E-state index in [1.165, 1.54) is 28.6 Å². The third kappa shape index (κ3) is 4.57. The highest BCUT2D eigenvalue weighted by molar-refractivity contribution is 7.89. The van der Waals surface area contributed by atoms with Gasteiger partial charge in [-0.15, -0.1) is 0 Å². The average molecular weight is 405 g/mol. The first-order chi connectivity index (χ1) is 13.3. The Labute approximate surface area is 165 Å². The fraction of sp³-hybridized carbons (Fsp3) is 0.350. The van der Waals surface area contributed by atoms with Crippen LogP contribution in [0.25, 0.3) is 0 Å². The van der Waals surface area contributed by atoms with Crippen LogP contribution in [-0.2, 0) is 10.0 Å². The van der Waals surface area contributed by atoms with E-state index in [-0.39, 0.29) is 28.2 Å². The fourth-order valence-electron chi connectivity index (χ4n) is 3.09. The number of rotatable bonds is 5. The lowest BCUT2D eigenvalue weighted by molar-refractivity contribution is 0.0939. The topological polar surface area (TPSA) is 69.7 Å². The molecule has 1 atom stereocenters. The minimum atomic E-state index is -3.64. The van der Waals surface area contributed by atoms with Gasteiger partial charge in [0, 0.05) is 31.7 Å². The van der Waals surface area contributed by atoms with Gasteiger partial charge in [-0.2, -0.15) is 4.31 Å². The predicted octanol–water partition coefficient (Wildman–Crippen LogP) is 2.25. The Morgan fingerprint density at radius 2 is 1.71 bits per heavy atom. The van der Waals surface area contributed by atoms with Gasteiger partial charge in [-0.25, -0.2) is 12.8 Å². The molecular weight excluding hydrogens is 381 g/mol.